The summed E-state index contributed by atoms with van der Waals surface area (Å²) in [5.74, 6) is -0.861. The Balaban J connectivity index is 2.55. The fourth-order valence-electron chi connectivity index (χ4n) is 6.51. The lowest BCUT2D eigenvalue weighted by atomic mass is 9.88. The van der Waals surface area contributed by atoms with E-state index in [1.165, 1.54) is 12.8 Å². The van der Waals surface area contributed by atoms with Crippen molar-refractivity contribution in [3.63, 3.8) is 0 Å². The molecule has 0 amide bonds. The van der Waals surface area contributed by atoms with Crippen molar-refractivity contribution in [1.29, 1.82) is 0 Å². The molecule has 0 bridgehead atoms. The van der Waals surface area contributed by atoms with Crippen LogP contribution in [0.3, 0.4) is 0 Å². The predicted octanol–water partition coefficient (Wildman–Crippen LogP) is 6.02. The van der Waals surface area contributed by atoms with Crippen molar-refractivity contribution in [2.45, 2.75) is 173 Å². The summed E-state index contributed by atoms with van der Waals surface area (Å²) in [5.41, 5.74) is 0. The number of phosphoric ester groups is 2. The molecular formula is C38H72O16P2. The second-order valence-corrected chi connectivity index (χ2v) is 18.1. The van der Waals surface area contributed by atoms with Gasteiger partial charge in [-0.05, 0) is 37.5 Å². The summed E-state index contributed by atoms with van der Waals surface area (Å²) in [6.07, 6.45) is 13.3. The molecule has 0 aromatic carbocycles. The van der Waals surface area contributed by atoms with Crippen LogP contribution >= 0.6 is 15.6 Å². The Morgan fingerprint density at radius 3 is 1.93 bits per heavy atom. The molecule has 0 heterocycles. The van der Waals surface area contributed by atoms with Crippen LogP contribution in [-0.4, -0.2) is 104 Å². The minimum absolute atomic E-state index is 0.0704. The first kappa shape index (κ1) is 52.8. The largest absolute Gasteiger partial charge is 0.472 e. The van der Waals surface area contributed by atoms with Gasteiger partial charge in [-0.3, -0.25) is 23.2 Å². The van der Waals surface area contributed by atoms with E-state index < -0.39 is 84.5 Å². The molecule has 56 heavy (non-hydrogen) atoms. The molecule has 8 atom stereocenters. The molecule has 18 heteroatoms. The van der Waals surface area contributed by atoms with Crippen molar-refractivity contribution in [3.8, 4) is 0 Å². The first-order chi connectivity index (χ1) is 26.4. The highest BCUT2D eigenvalue weighted by Gasteiger charge is 2.39. The molecule has 0 aromatic rings. The number of aliphatic hydroxyl groups excluding tert-OH is 4. The number of hydrogen-bond acceptors (Lipinski definition) is 13. The summed E-state index contributed by atoms with van der Waals surface area (Å²) in [4.78, 5) is 52.7. The quantitative estimate of drug-likeness (QED) is 0.0169. The highest BCUT2D eigenvalue weighted by atomic mass is 31.2. The molecule has 330 valence electrons. The smallest absolute Gasteiger partial charge is 0.462 e. The number of unbranched alkanes of at least 4 members (excludes halogenated alkanes) is 10. The number of carbonyl (C=O) groups excluding carboxylic acids is 2. The Morgan fingerprint density at radius 2 is 1.29 bits per heavy atom. The van der Waals surface area contributed by atoms with Crippen LogP contribution in [0.1, 0.15) is 143 Å². The minimum atomic E-state index is -4.88. The maximum Gasteiger partial charge on any atom is 0.472 e. The third-order valence-corrected chi connectivity index (χ3v) is 11.1. The summed E-state index contributed by atoms with van der Waals surface area (Å²) >= 11 is 0. The van der Waals surface area contributed by atoms with Gasteiger partial charge in [0.05, 0.1) is 38.1 Å². The Labute approximate surface area is 333 Å². The zero-order valence-corrected chi connectivity index (χ0v) is 35.5. The van der Waals surface area contributed by atoms with E-state index in [0.29, 0.717) is 44.4 Å². The van der Waals surface area contributed by atoms with Gasteiger partial charge in [0.2, 0.25) is 0 Å². The van der Waals surface area contributed by atoms with Crippen molar-refractivity contribution in [2.24, 2.45) is 17.8 Å². The van der Waals surface area contributed by atoms with E-state index in [2.05, 4.69) is 29.8 Å². The zero-order valence-electron chi connectivity index (χ0n) is 33.7. The van der Waals surface area contributed by atoms with E-state index in [0.717, 1.165) is 57.8 Å². The molecule has 1 fully saturated rings. The molecule has 1 saturated carbocycles. The first-order valence-corrected chi connectivity index (χ1v) is 23.5. The van der Waals surface area contributed by atoms with Crippen molar-refractivity contribution in [3.05, 3.63) is 12.2 Å². The van der Waals surface area contributed by atoms with Crippen LogP contribution in [-0.2, 0) is 41.8 Å². The number of carbonyl (C=O) groups is 2. The van der Waals surface area contributed by atoms with Crippen LogP contribution in [0.15, 0.2) is 12.2 Å². The maximum absolute atomic E-state index is 12.6. The van der Waals surface area contributed by atoms with Gasteiger partial charge in [0, 0.05) is 25.2 Å². The second-order valence-electron chi connectivity index (χ2n) is 15.4. The summed E-state index contributed by atoms with van der Waals surface area (Å²) in [6, 6.07) is 0. The lowest BCUT2D eigenvalue weighted by Gasteiger charge is -2.21. The van der Waals surface area contributed by atoms with E-state index >= 15 is 0 Å². The summed E-state index contributed by atoms with van der Waals surface area (Å²) in [5, 5.41) is 41.0. The Kier molecular flexibility index (Phi) is 28.1. The van der Waals surface area contributed by atoms with Crippen LogP contribution in [0, 0.1) is 17.8 Å². The fourth-order valence-corrected chi connectivity index (χ4v) is 7.67. The molecule has 16 nitrogen and oxygen atoms in total. The molecule has 0 radical (unpaired) electrons. The van der Waals surface area contributed by atoms with Gasteiger partial charge in [-0.25, -0.2) is 9.13 Å². The molecular weight excluding hydrogens is 774 g/mol. The topological polar surface area (TPSA) is 256 Å². The predicted molar refractivity (Wildman–Crippen MR) is 209 cm³/mol. The summed E-state index contributed by atoms with van der Waals surface area (Å²) in [7, 11) is -9.73. The Morgan fingerprint density at radius 1 is 0.714 bits per heavy atom. The monoisotopic (exact) mass is 846 g/mol. The SMILES string of the molecule is CCCCC[C@H](O)/C=C/[C@@H]1[C@@H](CCCCCCC(=O)OC[C@H](COP(=O)(O)OC[C@@H](O)COP(=O)(O)O)OC(=O)CCCCCCCCC(C)C)[C@@H](O)C[C@H]1O. The molecule has 1 rings (SSSR count). The van der Waals surface area contributed by atoms with Crippen LogP contribution < -0.4 is 0 Å². The molecule has 0 aliphatic heterocycles. The van der Waals surface area contributed by atoms with E-state index in [1.807, 2.05) is 6.08 Å². The molecule has 0 saturated heterocycles. The van der Waals surface area contributed by atoms with Crippen molar-refractivity contribution >= 4 is 27.6 Å². The van der Waals surface area contributed by atoms with Gasteiger partial charge in [-0.15, -0.1) is 0 Å². The summed E-state index contributed by atoms with van der Waals surface area (Å²) < 4.78 is 47.6. The van der Waals surface area contributed by atoms with E-state index in [4.69, 9.17) is 23.8 Å². The van der Waals surface area contributed by atoms with E-state index in [-0.39, 0.29) is 24.7 Å². The first-order valence-electron chi connectivity index (χ1n) is 20.5. The number of phosphoric acid groups is 2. The van der Waals surface area contributed by atoms with Gasteiger partial charge >= 0.3 is 27.6 Å². The third kappa shape index (κ3) is 27.4. The van der Waals surface area contributed by atoms with E-state index in [9.17, 15) is 44.0 Å². The average Bonchev–Trinajstić information content (AvgIpc) is 3.39. The van der Waals surface area contributed by atoms with Gasteiger partial charge in [-0.2, -0.15) is 0 Å². The highest BCUT2D eigenvalue weighted by Crippen LogP contribution is 2.44. The van der Waals surface area contributed by atoms with Crippen LogP contribution in [0.5, 0.6) is 0 Å². The average molecular weight is 847 g/mol. The third-order valence-electron chi connectivity index (χ3n) is 9.67. The van der Waals surface area contributed by atoms with Crippen LogP contribution in [0.4, 0.5) is 0 Å². The Hall–Kier alpha value is -1.26. The van der Waals surface area contributed by atoms with Gasteiger partial charge in [0.25, 0.3) is 0 Å². The minimum Gasteiger partial charge on any atom is -0.462 e. The van der Waals surface area contributed by atoms with Gasteiger partial charge in [-0.1, -0.05) is 110 Å². The van der Waals surface area contributed by atoms with Crippen molar-refractivity contribution in [2.75, 3.05) is 26.4 Å². The normalized spacial score (nSPS) is 21.6. The molecule has 1 unspecified atom stereocenters. The number of esters is 2. The second kappa shape index (κ2) is 29.9. The fraction of sp³-hybridized carbons (Fsp3) is 0.895. The van der Waals surface area contributed by atoms with Crippen LogP contribution in [0.2, 0.25) is 0 Å². The van der Waals surface area contributed by atoms with Crippen molar-refractivity contribution < 1.29 is 76.9 Å². The number of aliphatic hydroxyl groups is 4. The molecule has 1 aliphatic carbocycles. The number of ether oxygens (including phenoxy) is 2. The maximum atomic E-state index is 12.6. The summed E-state index contributed by atoms with van der Waals surface area (Å²) in [6.45, 7) is 3.59. The lowest BCUT2D eigenvalue weighted by molar-refractivity contribution is -0.161. The van der Waals surface area contributed by atoms with E-state index in [1.54, 1.807) is 6.08 Å². The highest BCUT2D eigenvalue weighted by molar-refractivity contribution is 7.47. The molecule has 7 N–H and O–H groups in total. The molecule has 1 aliphatic rings. The lowest BCUT2D eigenvalue weighted by Crippen LogP contribution is -2.30. The molecule has 0 aromatic heterocycles. The van der Waals surface area contributed by atoms with Gasteiger partial charge in [0.1, 0.15) is 12.7 Å². The standard InChI is InChI=1S/C38H72O16P2/c1-4-5-12-18-30(39)22-23-34-33(35(41)24-36(34)42)19-14-10-11-15-20-37(43)50-27-32(54-38(44)21-16-9-7-6-8-13-17-29(2)3)28-53-56(48,49)52-26-31(40)25-51-55(45,46)47/h22-23,29-36,39-42H,4-21,24-28H2,1-3H3,(H,48,49)(H2,45,46,47)/b23-22+/t30-,31-,32+,33+,34+,35-,36+/m0/s1. The van der Waals surface area contributed by atoms with Gasteiger partial charge < -0.3 is 44.6 Å². The number of rotatable bonds is 34. The number of hydrogen-bond donors (Lipinski definition) is 7. The Bertz CT molecular complexity index is 1180. The van der Waals surface area contributed by atoms with Crippen LogP contribution in [0.25, 0.3) is 0 Å². The molecule has 0 spiro atoms. The van der Waals surface area contributed by atoms with Crippen molar-refractivity contribution in [1.82, 2.24) is 0 Å². The van der Waals surface area contributed by atoms with Gasteiger partial charge in [0.15, 0.2) is 6.10 Å². The zero-order chi connectivity index (χ0) is 42.0.